The predicted octanol–water partition coefficient (Wildman–Crippen LogP) is 3.76. The van der Waals surface area contributed by atoms with Gasteiger partial charge in [0, 0.05) is 18.7 Å². The van der Waals surface area contributed by atoms with E-state index in [1.165, 1.54) is 27.9 Å². The van der Waals surface area contributed by atoms with Crippen LogP contribution in [0.25, 0.3) is 0 Å². The van der Waals surface area contributed by atoms with Crippen LogP contribution < -0.4 is 5.32 Å². The van der Waals surface area contributed by atoms with Gasteiger partial charge in [-0.1, -0.05) is 24.3 Å². The summed E-state index contributed by atoms with van der Waals surface area (Å²) in [4.78, 5) is 13.1. The van der Waals surface area contributed by atoms with E-state index in [4.69, 9.17) is 0 Å². The van der Waals surface area contributed by atoms with Gasteiger partial charge in [-0.25, -0.2) is 8.42 Å². The maximum absolute atomic E-state index is 13.0. The second kappa shape index (κ2) is 7.92. The normalized spacial score (nSPS) is 17.9. The van der Waals surface area contributed by atoms with E-state index in [1.807, 2.05) is 6.92 Å². The summed E-state index contributed by atoms with van der Waals surface area (Å²) in [5.74, 6) is -0.254. The molecule has 1 aliphatic carbocycles. The number of fused-ring (bicyclic) bond motifs is 1. The van der Waals surface area contributed by atoms with Crippen LogP contribution in [0.1, 0.15) is 64.8 Å². The zero-order chi connectivity index (χ0) is 20.6. The Labute approximate surface area is 173 Å². The molecule has 154 valence electrons. The lowest BCUT2D eigenvalue weighted by Crippen LogP contribution is -2.30. The van der Waals surface area contributed by atoms with Gasteiger partial charge in [0.05, 0.1) is 10.9 Å². The van der Waals surface area contributed by atoms with E-state index in [0.717, 1.165) is 31.2 Å². The maximum atomic E-state index is 13.0. The Morgan fingerprint density at radius 2 is 1.72 bits per heavy atom. The first-order chi connectivity index (χ1) is 13.9. The smallest absolute Gasteiger partial charge is 0.251 e. The number of amides is 1. The van der Waals surface area contributed by atoms with Crippen molar-refractivity contribution in [1.82, 2.24) is 9.62 Å². The summed E-state index contributed by atoms with van der Waals surface area (Å²) >= 11 is 0. The molecule has 0 aromatic heterocycles. The van der Waals surface area contributed by atoms with E-state index >= 15 is 0 Å². The van der Waals surface area contributed by atoms with Crippen LogP contribution in [-0.2, 0) is 22.9 Å². The van der Waals surface area contributed by atoms with Crippen molar-refractivity contribution >= 4 is 15.9 Å². The Morgan fingerprint density at radius 1 is 1.00 bits per heavy atom. The van der Waals surface area contributed by atoms with Crippen molar-refractivity contribution in [3.05, 3.63) is 64.2 Å². The van der Waals surface area contributed by atoms with Crippen molar-refractivity contribution in [2.24, 2.45) is 0 Å². The van der Waals surface area contributed by atoms with E-state index in [1.54, 1.807) is 19.1 Å². The molecule has 0 spiro atoms. The number of carbonyl (C=O) groups excluding carboxylic acids is 1. The maximum Gasteiger partial charge on any atom is 0.251 e. The van der Waals surface area contributed by atoms with Gasteiger partial charge >= 0.3 is 0 Å². The van der Waals surface area contributed by atoms with Crippen LogP contribution in [-0.4, -0.2) is 31.7 Å². The van der Waals surface area contributed by atoms with Gasteiger partial charge in [-0.2, -0.15) is 4.31 Å². The number of benzene rings is 2. The number of sulfonamides is 1. The summed E-state index contributed by atoms with van der Waals surface area (Å²) in [6.07, 6.45) is 5.19. The molecule has 1 atom stereocenters. The van der Waals surface area contributed by atoms with E-state index in [0.29, 0.717) is 24.2 Å². The molecular weight excluding hydrogens is 384 g/mol. The lowest BCUT2D eigenvalue weighted by atomic mass is 10.0. The van der Waals surface area contributed by atoms with Crippen molar-refractivity contribution in [3.63, 3.8) is 0 Å². The molecule has 29 heavy (non-hydrogen) atoms. The van der Waals surface area contributed by atoms with E-state index in [9.17, 15) is 13.2 Å². The van der Waals surface area contributed by atoms with E-state index in [2.05, 4.69) is 23.5 Å². The molecule has 1 unspecified atom stereocenters. The monoisotopic (exact) mass is 412 g/mol. The minimum atomic E-state index is -3.56. The molecule has 0 radical (unpaired) electrons. The molecule has 1 heterocycles. The van der Waals surface area contributed by atoms with Gasteiger partial charge in [0.25, 0.3) is 5.91 Å². The molecule has 1 N–H and O–H groups in total. The van der Waals surface area contributed by atoms with Crippen LogP contribution in [0.2, 0.25) is 0 Å². The molecule has 1 saturated heterocycles. The van der Waals surface area contributed by atoms with Crippen molar-refractivity contribution in [2.45, 2.75) is 56.9 Å². The second-order valence-corrected chi connectivity index (χ2v) is 10.1. The molecule has 1 aliphatic heterocycles. The number of carbonyl (C=O) groups is 1. The summed E-state index contributed by atoms with van der Waals surface area (Å²) in [5, 5.41) is 3.02. The van der Waals surface area contributed by atoms with Crippen molar-refractivity contribution in [3.8, 4) is 0 Å². The highest BCUT2D eigenvalue weighted by atomic mass is 32.2. The molecule has 2 aliphatic rings. The molecule has 6 heteroatoms. The van der Waals surface area contributed by atoms with Gasteiger partial charge in [0.2, 0.25) is 10.0 Å². The topological polar surface area (TPSA) is 66.5 Å². The second-order valence-electron chi connectivity index (χ2n) is 8.17. The quantitative estimate of drug-likeness (QED) is 0.813. The standard InChI is InChI=1S/C23H28N2O3S/c1-16-8-9-21(15-22(16)29(27,28)25-12-3-4-13-25)23(26)24-17(2)19-11-10-18-6-5-7-20(18)14-19/h8-11,14-15,17H,3-7,12-13H2,1-2H3,(H,24,26). The van der Waals surface area contributed by atoms with Gasteiger partial charge in [0.1, 0.15) is 0 Å². The first kappa shape index (κ1) is 20.1. The van der Waals surface area contributed by atoms with Gasteiger partial charge in [-0.3, -0.25) is 4.79 Å². The summed E-state index contributed by atoms with van der Waals surface area (Å²) in [6, 6.07) is 11.2. The van der Waals surface area contributed by atoms with Gasteiger partial charge < -0.3 is 5.32 Å². The lowest BCUT2D eigenvalue weighted by Gasteiger charge is -2.19. The minimum absolute atomic E-state index is 0.145. The van der Waals surface area contributed by atoms with Crippen LogP contribution in [0.5, 0.6) is 0 Å². The summed E-state index contributed by atoms with van der Waals surface area (Å²) < 4.78 is 27.5. The highest BCUT2D eigenvalue weighted by Crippen LogP contribution is 2.27. The average Bonchev–Trinajstić information content (AvgIpc) is 3.39. The Morgan fingerprint density at radius 3 is 2.48 bits per heavy atom. The highest BCUT2D eigenvalue weighted by molar-refractivity contribution is 7.89. The number of rotatable bonds is 5. The summed E-state index contributed by atoms with van der Waals surface area (Å²) in [5.41, 5.74) is 4.90. The Hall–Kier alpha value is -2.18. The minimum Gasteiger partial charge on any atom is -0.346 e. The first-order valence-electron chi connectivity index (χ1n) is 10.4. The number of nitrogens with one attached hydrogen (secondary N) is 1. The third-order valence-electron chi connectivity index (χ3n) is 6.10. The molecule has 0 bridgehead atoms. The van der Waals surface area contributed by atoms with Gasteiger partial charge in [-0.15, -0.1) is 0 Å². The van der Waals surface area contributed by atoms with Crippen LogP contribution in [0.15, 0.2) is 41.3 Å². The Bertz CT molecular complexity index is 1040. The number of nitrogens with zero attached hydrogens (tertiary/aromatic N) is 1. The molecule has 0 saturated carbocycles. The molecule has 1 amide bonds. The number of hydrogen-bond donors (Lipinski definition) is 1. The van der Waals surface area contributed by atoms with E-state index < -0.39 is 10.0 Å². The van der Waals surface area contributed by atoms with Crippen LogP contribution in [0.3, 0.4) is 0 Å². The molecule has 5 nitrogen and oxygen atoms in total. The SMILES string of the molecule is Cc1ccc(C(=O)NC(C)c2ccc3c(c2)CCC3)cc1S(=O)(=O)N1CCCC1. The van der Waals surface area contributed by atoms with Crippen LogP contribution >= 0.6 is 0 Å². The molecule has 4 rings (SSSR count). The van der Waals surface area contributed by atoms with Crippen molar-refractivity contribution in [2.75, 3.05) is 13.1 Å². The summed E-state index contributed by atoms with van der Waals surface area (Å²) in [7, 11) is -3.56. The van der Waals surface area contributed by atoms with Crippen LogP contribution in [0.4, 0.5) is 0 Å². The zero-order valence-electron chi connectivity index (χ0n) is 17.1. The molecule has 1 fully saturated rings. The molecular formula is C23H28N2O3S. The van der Waals surface area contributed by atoms with Crippen molar-refractivity contribution < 1.29 is 13.2 Å². The average molecular weight is 413 g/mol. The third-order valence-corrected chi connectivity index (χ3v) is 8.14. The molecule has 2 aromatic rings. The summed E-state index contributed by atoms with van der Waals surface area (Å²) in [6.45, 7) is 4.84. The zero-order valence-corrected chi connectivity index (χ0v) is 17.9. The first-order valence-corrected chi connectivity index (χ1v) is 11.8. The van der Waals surface area contributed by atoms with E-state index in [-0.39, 0.29) is 16.8 Å². The number of hydrogen-bond acceptors (Lipinski definition) is 3. The fourth-order valence-corrected chi connectivity index (χ4v) is 6.08. The third kappa shape index (κ3) is 3.96. The molecule has 2 aromatic carbocycles. The fourth-order valence-electron chi connectivity index (χ4n) is 4.31. The van der Waals surface area contributed by atoms with Gasteiger partial charge in [0.15, 0.2) is 0 Å². The lowest BCUT2D eigenvalue weighted by molar-refractivity contribution is 0.0939. The van der Waals surface area contributed by atoms with Crippen LogP contribution in [0, 0.1) is 6.92 Å². The van der Waals surface area contributed by atoms with Crippen molar-refractivity contribution in [1.29, 1.82) is 0 Å². The largest absolute Gasteiger partial charge is 0.346 e. The van der Waals surface area contributed by atoms with Gasteiger partial charge in [-0.05, 0) is 80.3 Å². The highest BCUT2D eigenvalue weighted by Gasteiger charge is 2.29. The Kier molecular flexibility index (Phi) is 5.49. The Balaban J connectivity index is 1.54. The predicted molar refractivity (Wildman–Crippen MR) is 114 cm³/mol. The number of aryl methyl sites for hydroxylation is 3. The fraction of sp³-hybridized carbons (Fsp3) is 0.435.